The number of aromatic nitrogens is 4. The molecule has 1 atom stereocenters. The summed E-state index contributed by atoms with van der Waals surface area (Å²) < 4.78 is 33.9. The molecule has 1 aromatic carbocycles. The highest BCUT2D eigenvalue weighted by molar-refractivity contribution is 5.47. The molecule has 1 aliphatic carbocycles. The first-order valence-corrected chi connectivity index (χ1v) is 8.88. The maximum atomic E-state index is 13.6. The highest BCUT2D eigenvalue weighted by Gasteiger charge is 2.31. The second kappa shape index (κ2) is 6.44. The summed E-state index contributed by atoms with van der Waals surface area (Å²) in [4.78, 5) is 8.11. The van der Waals surface area contributed by atoms with E-state index in [1.54, 1.807) is 7.11 Å². The Labute approximate surface area is 155 Å². The van der Waals surface area contributed by atoms with Crippen LogP contribution in [-0.2, 0) is 18.8 Å². The minimum atomic E-state index is -3.11. The summed E-state index contributed by atoms with van der Waals surface area (Å²) in [6.45, 7) is 2.60. The topological polar surface area (TPSA) is 64.3 Å². The summed E-state index contributed by atoms with van der Waals surface area (Å²) in [5.74, 6) is -1.97. The molecule has 27 heavy (non-hydrogen) atoms. The average Bonchev–Trinajstić information content (AvgIpc) is 3.06. The van der Waals surface area contributed by atoms with E-state index in [4.69, 9.17) is 4.74 Å². The molecule has 0 aliphatic heterocycles. The van der Waals surface area contributed by atoms with Crippen LogP contribution in [0.1, 0.15) is 36.0 Å². The molecule has 0 radical (unpaired) electrons. The van der Waals surface area contributed by atoms with Crippen LogP contribution in [0.25, 0.3) is 5.78 Å². The van der Waals surface area contributed by atoms with Gasteiger partial charge in [0.05, 0.1) is 7.11 Å². The Kier molecular flexibility index (Phi) is 4.20. The maximum Gasteiger partial charge on any atom is 0.305 e. The first kappa shape index (κ1) is 17.6. The van der Waals surface area contributed by atoms with Crippen LogP contribution in [0.4, 0.5) is 14.6 Å². The number of nitrogens with zero attached hydrogens (tertiary/aromatic N) is 4. The summed E-state index contributed by atoms with van der Waals surface area (Å²) in [6, 6.07) is 8.10. The van der Waals surface area contributed by atoms with Gasteiger partial charge in [0.25, 0.3) is 5.78 Å². The normalized spacial score (nSPS) is 17.0. The molecular weight excluding hydrogens is 352 g/mol. The van der Waals surface area contributed by atoms with Gasteiger partial charge in [-0.15, -0.1) is 5.10 Å². The van der Waals surface area contributed by atoms with Gasteiger partial charge in [0.15, 0.2) is 0 Å². The summed E-state index contributed by atoms with van der Waals surface area (Å²) >= 11 is 0. The van der Waals surface area contributed by atoms with Gasteiger partial charge in [-0.3, -0.25) is 0 Å². The molecule has 1 unspecified atom stereocenters. The fraction of sp³-hybridized carbons (Fsp3) is 0.421. The van der Waals surface area contributed by atoms with Crippen LogP contribution in [0.5, 0.6) is 5.75 Å². The average molecular weight is 373 g/mol. The van der Waals surface area contributed by atoms with Crippen LogP contribution in [0.3, 0.4) is 0 Å². The number of fused-ring (bicyclic) bond motifs is 2. The molecule has 142 valence electrons. The molecule has 0 amide bonds. The van der Waals surface area contributed by atoms with Gasteiger partial charge in [0.2, 0.25) is 5.82 Å². The van der Waals surface area contributed by atoms with Gasteiger partial charge in [-0.25, -0.2) is 4.98 Å². The van der Waals surface area contributed by atoms with E-state index in [-0.39, 0.29) is 11.8 Å². The van der Waals surface area contributed by atoms with Crippen molar-refractivity contribution in [3.63, 3.8) is 0 Å². The number of benzene rings is 1. The zero-order chi connectivity index (χ0) is 19.2. The third kappa shape index (κ3) is 3.43. The zero-order valence-corrected chi connectivity index (χ0v) is 15.5. The van der Waals surface area contributed by atoms with Crippen molar-refractivity contribution in [1.29, 1.82) is 0 Å². The Morgan fingerprint density at radius 3 is 2.78 bits per heavy atom. The molecule has 0 saturated heterocycles. The van der Waals surface area contributed by atoms with Crippen LogP contribution in [0.2, 0.25) is 0 Å². The summed E-state index contributed by atoms with van der Waals surface area (Å²) in [5, 5.41) is 7.41. The van der Waals surface area contributed by atoms with Crippen LogP contribution in [-0.4, -0.2) is 32.7 Å². The van der Waals surface area contributed by atoms with E-state index in [2.05, 4.69) is 32.5 Å². The van der Waals surface area contributed by atoms with E-state index in [1.165, 1.54) is 15.6 Å². The SMILES string of the molecule is COc1ccc2c(c1)CCC(Nc1cc(C)nc3nc(C(C)(F)F)nn13)C2. The third-order valence-corrected chi connectivity index (χ3v) is 4.83. The van der Waals surface area contributed by atoms with Crippen molar-refractivity contribution < 1.29 is 13.5 Å². The highest BCUT2D eigenvalue weighted by atomic mass is 19.3. The maximum absolute atomic E-state index is 13.6. The van der Waals surface area contributed by atoms with Crippen LogP contribution in [0, 0.1) is 6.92 Å². The number of ether oxygens (including phenoxy) is 1. The molecule has 0 fully saturated rings. The van der Waals surface area contributed by atoms with Crippen molar-refractivity contribution >= 4 is 11.6 Å². The Morgan fingerprint density at radius 2 is 2.04 bits per heavy atom. The number of alkyl halides is 2. The number of methoxy groups -OCH3 is 1. The van der Waals surface area contributed by atoms with Gasteiger partial charge in [-0.2, -0.15) is 18.3 Å². The van der Waals surface area contributed by atoms with Crippen molar-refractivity contribution in [2.75, 3.05) is 12.4 Å². The Morgan fingerprint density at radius 1 is 1.22 bits per heavy atom. The molecule has 8 heteroatoms. The van der Waals surface area contributed by atoms with Crippen molar-refractivity contribution in [2.45, 2.75) is 45.1 Å². The van der Waals surface area contributed by atoms with Crippen LogP contribution in [0.15, 0.2) is 24.3 Å². The number of hydrogen-bond donors (Lipinski definition) is 1. The smallest absolute Gasteiger partial charge is 0.305 e. The fourth-order valence-corrected chi connectivity index (χ4v) is 3.47. The first-order valence-electron chi connectivity index (χ1n) is 8.88. The number of halogens is 2. The quantitative estimate of drug-likeness (QED) is 0.758. The molecule has 1 aliphatic rings. The largest absolute Gasteiger partial charge is 0.497 e. The molecule has 0 bridgehead atoms. The van der Waals surface area contributed by atoms with Gasteiger partial charge in [-0.05, 0) is 49.4 Å². The van der Waals surface area contributed by atoms with Gasteiger partial charge in [0, 0.05) is 24.7 Å². The van der Waals surface area contributed by atoms with Gasteiger partial charge >= 0.3 is 5.92 Å². The minimum Gasteiger partial charge on any atom is -0.497 e. The predicted molar refractivity (Wildman–Crippen MR) is 97.5 cm³/mol. The standard InChI is InChI=1S/C19H21F2N5O/c1-11-8-16(26-18(22-11)24-17(25-26)19(2,20)21)23-14-6-4-13-10-15(27-3)7-5-12(13)9-14/h5,7-8,10,14,23H,4,6,9H2,1-3H3. The van der Waals surface area contributed by atoms with E-state index in [1.807, 2.05) is 19.1 Å². The molecule has 1 N–H and O–H groups in total. The summed E-state index contributed by atoms with van der Waals surface area (Å²) in [7, 11) is 1.66. The van der Waals surface area contributed by atoms with Crippen LogP contribution < -0.4 is 10.1 Å². The van der Waals surface area contributed by atoms with Crippen LogP contribution >= 0.6 is 0 Å². The monoisotopic (exact) mass is 373 g/mol. The summed E-state index contributed by atoms with van der Waals surface area (Å²) in [6.07, 6.45) is 2.69. The second-order valence-corrected chi connectivity index (χ2v) is 7.04. The number of anilines is 1. The molecule has 0 spiro atoms. The van der Waals surface area contributed by atoms with Gasteiger partial charge < -0.3 is 10.1 Å². The highest BCUT2D eigenvalue weighted by Crippen LogP contribution is 2.28. The zero-order valence-electron chi connectivity index (χ0n) is 15.5. The lowest BCUT2D eigenvalue weighted by molar-refractivity contribution is 0.00800. The molecule has 3 aromatic rings. The number of hydrogen-bond acceptors (Lipinski definition) is 5. The lowest BCUT2D eigenvalue weighted by Crippen LogP contribution is -2.28. The van der Waals surface area contributed by atoms with E-state index in [0.29, 0.717) is 11.5 Å². The molecule has 2 aromatic heterocycles. The van der Waals surface area contributed by atoms with E-state index < -0.39 is 11.7 Å². The van der Waals surface area contributed by atoms with Crippen molar-refractivity contribution in [3.8, 4) is 5.75 Å². The van der Waals surface area contributed by atoms with E-state index >= 15 is 0 Å². The molecular formula is C19H21F2N5O. The first-order chi connectivity index (χ1) is 12.8. The number of aryl methyl sites for hydroxylation is 2. The number of nitrogens with one attached hydrogen (secondary N) is 1. The molecule has 2 heterocycles. The third-order valence-electron chi connectivity index (χ3n) is 4.83. The Balaban J connectivity index is 1.62. The van der Waals surface area contributed by atoms with Crippen molar-refractivity contribution in [2.24, 2.45) is 0 Å². The van der Waals surface area contributed by atoms with E-state index in [0.717, 1.165) is 31.9 Å². The van der Waals surface area contributed by atoms with Gasteiger partial charge in [0.1, 0.15) is 11.6 Å². The lowest BCUT2D eigenvalue weighted by Gasteiger charge is -2.26. The van der Waals surface area contributed by atoms with Crippen molar-refractivity contribution in [1.82, 2.24) is 19.6 Å². The lowest BCUT2D eigenvalue weighted by atomic mass is 9.88. The Bertz CT molecular complexity index is 996. The molecule has 0 saturated carbocycles. The van der Waals surface area contributed by atoms with Gasteiger partial charge in [-0.1, -0.05) is 6.07 Å². The minimum absolute atomic E-state index is 0.172. The number of rotatable bonds is 4. The summed E-state index contributed by atoms with van der Waals surface area (Å²) in [5.41, 5.74) is 3.25. The predicted octanol–water partition coefficient (Wildman–Crippen LogP) is 3.52. The fourth-order valence-electron chi connectivity index (χ4n) is 3.47. The Hall–Kier alpha value is -2.77. The second-order valence-electron chi connectivity index (χ2n) is 7.04. The molecule has 4 rings (SSSR count). The van der Waals surface area contributed by atoms with Crippen molar-refractivity contribution in [3.05, 3.63) is 46.9 Å². The van der Waals surface area contributed by atoms with E-state index in [9.17, 15) is 8.78 Å². The molecule has 6 nitrogen and oxygen atoms in total.